The molecule has 0 saturated heterocycles. The number of anilines is 1. The van der Waals surface area contributed by atoms with Crippen LogP contribution in [0.15, 0.2) is 53.4 Å². The smallest absolute Gasteiger partial charge is 0.244 e. The topological polar surface area (TPSA) is 75.3 Å². The van der Waals surface area contributed by atoms with Crippen LogP contribution in [-0.2, 0) is 21.2 Å². The Labute approximate surface area is 163 Å². The van der Waals surface area contributed by atoms with Crippen LogP contribution in [0.3, 0.4) is 0 Å². The Bertz CT molecular complexity index is 888. The molecule has 146 valence electrons. The van der Waals surface area contributed by atoms with E-state index >= 15 is 0 Å². The van der Waals surface area contributed by atoms with Gasteiger partial charge < -0.3 is 5.32 Å². The molecule has 1 amide bonds. The molecule has 1 unspecified atom stereocenters. The Balaban J connectivity index is 2.21. The lowest BCUT2D eigenvalue weighted by Crippen LogP contribution is -2.44. The maximum absolute atomic E-state index is 13.9. The first-order valence-electron chi connectivity index (χ1n) is 8.53. The zero-order valence-corrected chi connectivity index (χ0v) is 16.9. The first-order valence-corrected chi connectivity index (χ1v) is 11.4. The first-order chi connectivity index (χ1) is 12.9. The number of sulfonamides is 1. The molecular weight excluding hydrogens is 387 g/mol. The highest BCUT2D eigenvalue weighted by molar-refractivity contribution is 7.98. The number of nitrogens with one attached hydrogen (secondary N) is 2. The maximum Gasteiger partial charge on any atom is 0.244 e. The van der Waals surface area contributed by atoms with Gasteiger partial charge in [0, 0.05) is 5.69 Å². The number of hydrogen-bond donors (Lipinski definition) is 2. The third kappa shape index (κ3) is 6.05. The lowest BCUT2D eigenvalue weighted by atomic mass is 10.1. The van der Waals surface area contributed by atoms with Gasteiger partial charge in [-0.05, 0) is 54.7 Å². The molecule has 0 radical (unpaired) electrons. The zero-order chi connectivity index (χ0) is 19.9. The average molecular weight is 411 g/mol. The molecule has 5 nitrogen and oxygen atoms in total. The largest absolute Gasteiger partial charge is 0.325 e. The number of carbonyl (C=O) groups excluding carboxylic acids is 1. The van der Waals surface area contributed by atoms with Crippen molar-refractivity contribution in [2.45, 2.75) is 30.7 Å². The SMILES string of the molecule is CCc1cccc(NC(=O)C(CCSC)NS(=O)(=O)c2ccccc2F)c1. The van der Waals surface area contributed by atoms with Gasteiger partial charge in [0.15, 0.2) is 0 Å². The van der Waals surface area contributed by atoms with Crippen molar-refractivity contribution in [3.05, 3.63) is 59.9 Å². The predicted molar refractivity (Wildman–Crippen MR) is 108 cm³/mol. The highest BCUT2D eigenvalue weighted by Gasteiger charge is 2.27. The highest BCUT2D eigenvalue weighted by atomic mass is 32.2. The van der Waals surface area contributed by atoms with Crippen molar-refractivity contribution < 1.29 is 17.6 Å². The molecule has 2 aromatic carbocycles. The Hall–Kier alpha value is -1.90. The number of carbonyl (C=O) groups is 1. The van der Waals surface area contributed by atoms with Crippen LogP contribution in [0.25, 0.3) is 0 Å². The van der Waals surface area contributed by atoms with Crippen LogP contribution in [0.1, 0.15) is 18.9 Å². The monoisotopic (exact) mass is 410 g/mol. The Kier molecular flexibility index (Phi) is 7.82. The second kappa shape index (κ2) is 9.87. The van der Waals surface area contributed by atoms with Crippen LogP contribution in [0.4, 0.5) is 10.1 Å². The van der Waals surface area contributed by atoms with Crippen LogP contribution in [0, 0.1) is 5.82 Å². The van der Waals surface area contributed by atoms with Crippen molar-refractivity contribution in [3.8, 4) is 0 Å². The van der Waals surface area contributed by atoms with Gasteiger partial charge >= 0.3 is 0 Å². The lowest BCUT2D eigenvalue weighted by Gasteiger charge is -2.18. The lowest BCUT2D eigenvalue weighted by molar-refractivity contribution is -0.117. The van der Waals surface area contributed by atoms with Crippen molar-refractivity contribution in [2.75, 3.05) is 17.3 Å². The third-order valence-electron chi connectivity index (χ3n) is 3.95. The summed E-state index contributed by atoms with van der Waals surface area (Å²) in [6.45, 7) is 2.00. The second-order valence-electron chi connectivity index (χ2n) is 5.93. The summed E-state index contributed by atoms with van der Waals surface area (Å²) in [5, 5.41) is 2.75. The van der Waals surface area contributed by atoms with E-state index in [1.807, 2.05) is 31.4 Å². The van der Waals surface area contributed by atoms with Crippen LogP contribution in [-0.4, -0.2) is 32.4 Å². The summed E-state index contributed by atoms with van der Waals surface area (Å²) >= 11 is 1.50. The van der Waals surface area contributed by atoms with E-state index in [9.17, 15) is 17.6 Å². The van der Waals surface area contributed by atoms with Crippen LogP contribution in [0.5, 0.6) is 0 Å². The molecule has 1 atom stereocenters. The van der Waals surface area contributed by atoms with Crippen molar-refractivity contribution in [2.24, 2.45) is 0 Å². The summed E-state index contributed by atoms with van der Waals surface area (Å²) in [4.78, 5) is 12.2. The predicted octanol–water partition coefficient (Wildman–Crippen LogP) is 3.43. The van der Waals surface area contributed by atoms with Gasteiger partial charge in [-0.1, -0.05) is 31.2 Å². The second-order valence-corrected chi connectivity index (χ2v) is 8.60. The highest BCUT2D eigenvalue weighted by Crippen LogP contribution is 2.16. The van der Waals surface area contributed by atoms with Crippen LogP contribution in [0.2, 0.25) is 0 Å². The summed E-state index contributed by atoms with van der Waals surface area (Å²) in [6, 6.07) is 11.4. The Morgan fingerprint density at radius 3 is 2.59 bits per heavy atom. The summed E-state index contributed by atoms with van der Waals surface area (Å²) in [5.41, 5.74) is 1.65. The molecule has 2 aromatic rings. The van der Waals surface area contributed by atoms with Crippen LogP contribution >= 0.6 is 11.8 Å². The van der Waals surface area contributed by atoms with Gasteiger partial charge in [-0.15, -0.1) is 0 Å². The van der Waals surface area contributed by atoms with Crippen molar-refractivity contribution in [3.63, 3.8) is 0 Å². The van der Waals surface area contributed by atoms with Gasteiger partial charge in [0.25, 0.3) is 0 Å². The quantitative estimate of drug-likeness (QED) is 0.664. The molecule has 2 rings (SSSR count). The van der Waals surface area contributed by atoms with E-state index in [1.54, 1.807) is 6.07 Å². The fourth-order valence-corrected chi connectivity index (χ4v) is 4.27. The van der Waals surface area contributed by atoms with Crippen molar-refractivity contribution in [1.29, 1.82) is 0 Å². The molecular formula is C19H23FN2O3S2. The van der Waals surface area contributed by atoms with E-state index in [2.05, 4.69) is 10.0 Å². The van der Waals surface area contributed by atoms with Gasteiger partial charge in [0.1, 0.15) is 16.8 Å². The number of benzene rings is 2. The minimum absolute atomic E-state index is 0.286. The van der Waals surface area contributed by atoms with Crippen molar-refractivity contribution in [1.82, 2.24) is 4.72 Å². The van der Waals surface area contributed by atoms with E-state index in [4.69, 9.17) is 0 Å². The molecule has 0 heterocycles. The molecule has 0 bridgehead atoms. The van der Waals surface area contributed by atoms with E-state index in [0.717, 1.165) is 18.1 Å². The van der Waals surface area contributed by atoms with Gasteiger partial charge in [-0.25, -0.2) is 12.8 Å². The number of hydrogen-bond acceptors (Lipinski definition) is 4. The summed E-state index contributed by atoms with van der Waals surface area (Å²) < 4.78 is 41.3. The fraction of sp³-hybridized carbons (Fsp3) is 0.316. The third-order valence-corrected chi connectivity index (χ3v) is 6.10. The number of rotatable bonds is 9. The number of halogens is 1. The summed E-state index contributed by atoms with van der Waals surface area (Å²) in [6.07, 6.45) is 2.97. The first kappa shape index (κ1) is 21.4. The van der Waals surface area contributed by atoms with Gasteiger partial charge in [-0.2, -0.15) is 16.5 Å². The van der Waals surface area contributed by atoms with Gasteiger partial charge in [0.05, 0.1) is 0 Å². The minimum Gasteiger partial charge on any atom is -0.325 e. The Morgan fingerprint density at radius 1 is 1.19 bits per heavy atom. The standard InChI is InChI=1S/C19H23FN2O3S2/c1-3-14-7-6-8-15(13-14)21-19(23)17(11-12-26-2)22-27(24,25)18-10-5-4-9-16(18)20/h4-10,13,17,22H,3,11-12H2,1-2H3,(H,21,23). The molecule has 0 fully saturated rings. The number of aryl methyl sites for hydroxylation is 1. The summed E-state index contributed by atoms with van der Waals surface area (Å²) in [5.74, 6) is -0.755. The summed E-state index contributed by atoms with van der Waals surface area (Å²) in [7, 11) is -4.17. The minimum atomic E-state index is -4.17. The molecule has 0 aromatic heterocycles. The normalized spacial score (nSPS) is 12.6. The van der Waals surface area contributed by atoms with E-state index in [1.165, 1.54) is 30.0 Å². The Morgan fingerprint density at radius 2 is 1.93 bits per heavy atom. The molecule has 2 N–H and O–H groups in total. The van der Waals surface area contributed by atoms with Crippen LogP contribution < -0.4 is 10.0 Å². The van der Waals surface area contributed by atoms with E-state index < -0.39 is 32.7 Å². The molecule has 27 heavy (non-hydrogen) atoms. The molecule has 0 aliphatic rings. The van der Waals surface area contributed by atoms with E-state index in [-0.39, 0.29) is 6.42 Å². The number of thioether (sulfide) groups is 1. The average Bonchev–Trinajstić information content (AvgIpc) is 2.65. The van der Waals surface area contributed by atoms with E-state index in [0.29, 0.717) is 11.4 Å². The fourth-order valence-electron chi connectivity index (χ4n) is 2.49. The molecule has 8 heteroatoms. The molecule has 0 saturated carbocycles. The number of amides is 1. The van der Waals surface area contributed by atoms with Crippen molar-refractivity contribution >= 4 is 33.4 Å². The molecule has 0 spiro atoms. The van der Waals surface area contributed by atoms with Gasteiger partial charge in [0.2, 0.25) is 15.9 Å². The molecule has 0 aliphatic heterocycles. The molecule has 0 aliphatic carbocycles. The maximum atomic E-state index is 13.9. The van der Waals surface area contributed by atoms with Gasteiger partial charge in [-0.3, -0.25) is 4.79 Å². The zero-order valence-electron chi connectivity index (χ0n) is 15.2.